The smallest absolute Gasteiger partial charge is 0.416 e. The molecular formula is C20H20F3NO5. The highest BCUT2D eigenvalue weighted by Crippen LogP contribution is 2.37. The molecule has 0 heterocycles. The molecule has 29 heavy (non-hydrogen) atoms. The van der Waals surface area contributed by atoms with Crippen molar-refractivity contribution in [3.05, 3.63) is 48.0 Å². The molecule has 0 aliphatic rings. The minimum atomic E-state index is -4.60. The summed E-state index contributed by atoms with van der Waals surface area (Å²) in [6.07, 6.45) is -4.90. The number of nitrogens with one attached hydrogen (secondary N) is 1. The Morgan fingerprint density at radius 1 is 1.03 bits per heavy atom. The molecule has 1 amide bonds. The second kappa shape index (κ2) is 9.81. The summed E-state index contributed by atoms with van der Waals surface area (Å²) in [4.78, 5) is 22.5. The molecule has 2 rings (SSSR count). The molecule has 0 saturated carbocycles. The van der Waals surface area contributed by atoms with E-state index >= 15 is 0 Å². The summed E-state index contributed by atoms with van der Waals surface area (Å²) in [5.74, 6) is -0.693. The van der Waals surface area contributed by atoms with E-state index in [4.69, 9.17) is 14.6 Å². The molecule has 0 atom stereocenters. The molecule has 0 aliphatic carbocycles. The number of amides is 1. The standard InChI is InChI=1S/C20H20F3NO5/c1-2-28-14-7-9-15(10-8-14)29-17-11-6-13(20(21,22)23)12-16(17)24-18(25)4-3-5-19(26)27/h6-12H,2-5H2,1H3,(H,24,25)(H,26,27). The van der Waals surface area contributed by atoms with Crippen molar-refractivity contribution in [2.45, 2.75) is 32.4 Å². The van der Waals surface area contributed by atoms with Crippen molar-refractivity contribution in [1.29, 1.82) is 0 Å². The predicted octanol–water partition coefficient (Wildman–Crippen LogP) is 5.09. The van der Waals surface area contributed by atoms with Crippen LogP contribution in [0.1, 0.15) is 31.7 Å². The summed E-state index contributed by atoms with van der Waals surface area (Å²) in [7, 11) is 0. The molecule has 2 aromatic carbocycles. The van der Waals surface area contributed by atoms with Crippen LogP contribution in [0.5, 0.6) is 17.2 Å². The first-order valence-electron chi connectivity index (χ1n) is 8.82. The van der Waals surface area contributed by atoms with Crippen molar-refractivity contribution in [3.63, 3.8) is 0 Å². The number of rotatable bonds is 9. The number of alkyl halides is 3. The molecule has 0 unspecified atom stereocenters. The maximum Gasteiger partial charge on any atom is 0.416 e. The van der Waals surface area contributed by atoms with Gasteiger partial charge in [0.2, 0.25) is 5.91 Å². The number of hydrogen-bond donors (Lipinski definition) is 2. The lowest BCUT2D eigenvalue weighted by Gasteiger charge is -2.15. The highest BCUT2D eigenvalue weighted by Gasteiger charge is 2.31. The summed E-state index contributed by atoms with van der Waals surface area (Å²) in [6.45, 7) is 2.31. The van der Waals surface area contributed by atoms with Gasteiger partial charge < -0.3 is 19.9 Å². The zero-order valence-corrected chi connectivity index (χ0v) is 15.6. The summed E-state index contributed by atoms with van der Waals surface area (Å²) < 4.78 is 50.1. The average Bonchev–Trinajstić information content (AvgIpc) is 2.63. The van der Waals surface area contributed by atoms with Gasteiger partial charge in [0.1, 0.15) is 11.5 Å². The largest absolute Gasteiger partial charge is 0.494 e. The molecule has 9 heteroatoms. The van der Waals surface area contributed by atoms with Crippen LogP contribution in [0.3, 0.4) is 0 Å². The first-order valence-corrected chi connectivity index (χ1v) is 8.82. The maximum atomic E-state index is 13.0. The highest BCUT2D eigenvalue weighted by atomic mass is 19.4. The average molecular weight is 411 g/mol. The van der Waals surface area contributed by atoms with Crippen LogP contribution in [-0.2, 0) is 15.8 Å². The van der Waals surface area contributed by atoms with E-state index in [1.807, 2.05) is 6.92 Å². The summed E-state index contributed by atoms with van der Waals surface area (Å²) in [5, 5.41) is 11.0. The Balaban J connectivity index is 2.21. The lowest BCUT2D eigenvalue weighted by molar-refractivity contribution is -0.138. The van der Waals surface area contributed by atoms with E-state index in [9.17, 15) is 22.8 Å². The fourth-order valence-electron chi connectivity index (χ4n) is 2.40. The zero-order valence-electron chi connectivity index (χ0n) is 15.6. The third kappa shape index (κ3) is 7.02. The number of aliphatic carboxylic acids is 1. The predicted molar refractivity (Wildman–Crippen MR) is 99.2 cm³/mol. The Bertz CT molecular complexity index is 850. The van der Waals surface area contributed by atoms with Crippen LogP contribution in [-0.4, -0.2) is 23.6 Å². The SMILES string of the molecule is CCOc1ccc(Oc2ccc(C(F)(F)F)cc2NC(=O)CCCC(=O)O)cc1. The summed E-state index contributed by atoms with van der Waals surface area (Å²) >= 11 is 0. The van der Waals surface area contributed by atoms with Gasteiger partial charge in [0, 0.05) is 12.8 Å². The lowest BCUT2D eigenvalue weighted by atomic mass is 10.1. The molecule has 0 radical (unpaired) electrons. The van der Waals surface area contributed by atoms with Crippen LogP contribution >= 0.6 is 0 Å². The van der Waals surface area contributed by atoms with Gasteiger partial charge in [0.25, 0.3) is 0 Å². The fourth-order valence-corrected chi connectivity index (χ4v) is 2.40. The van der Waals surface area contributed by atoms with E-state index < -0.39 is 23.6 Å². The molecule has 0 saturated heterocycles. The normalized spacial score (nSPS) is 11.0. The maximum absolute atomic E-state index is 13.0. The molecule has 0 fully saturated rings. The van der Waals surface area contributed by atoms with Gasteiger partial charge in [0.15, 0.2) is 5.75 Å². The Kier molecular flexibility index (Phi) is 7.46. The second-order valence-electron chi connectivity index (χ2n) is 6.01. The third-order valence-electron chi connectivity index (χ3n) is 3.74. The highest BCUT2D eigenvalue weighted by molar-refractivity contribution is 5.92. The third-order valence-corrected chi connectivity index (χ3v) is 3.74. The zero-order chi connectivity index (χ0) is 21.4. The van der Waals surface area contributed by atoms with Crippen molar-refractivity contribution >= 4 is 17.6 Å². The van der Waals surface area contributed by atoms with Crippen LogP contribution < -0.4 is 14.8 Å². The summed E-state index contributed by atoms with van der Waals surface area (Å²) in [5.41, 5.74) is -1.11. The van der Waals surface area contributed by atoms with Crippen molar-refractivity contribution in [1.82, 2.24) is 0 Å². The summed E-state index contributed by atoms with van der Waals surface area (Å²) in [6, 6.07) is 9.21. The van der Waals surface area contributed by atoms with Gasteiger partial charge in [-0.05, 0) is 55.8 Å². The van der Waals surface area contributed by atoms with E-state index in [0.717, 1.165) is 18.2 Å². The van der Waals surface area contributed by atoms with Gasteiger partial charge in [-0.15, -0.1) is 0 Å². The topological polar surface area (TPSA) is 84.9 Å². The van der Waals surface area contributed by atoms with Gasteiger partial charge in [0.05, 0.1) is 17.9 Å². The Morgan fingerprint density at radius 3 is 2.28 bits per heavy atom. The number of carboxylic acid groups (broad SMARTS) is 1. The minimum absolute atomic E-state index is 0.0220. The molecule has 156 valence electrons. The number of ether oxygens (including phenoxy) is 2. The van der Waals surface area contributed by atoms with Crippen LogP contribution in [0.2, 0.25) is 0 Å². The monoisotopic (exact) mass is 411 g/mol. The van der Waals surface area contributed by atoms with Crippen molar-refractivity contribution in [2.75, 3.05) is 11.9 Å². The molecule has 2 aromatic rings. The first-order chi connectivity index (χ1) is 13.7. The van der Waals surface area contributed by atoms with Gasteiger partial charge in [-0.25, -0.2) is 0 Å². The van der Waals surface area contributed by atoms with Crippen LogP contribution in [0.25, 0.3) is 0 Å². The number of benzene rings is 2. The Hall–Kier alpha value is -3.23. The van der Waals surface area contributed by atoms with E-state index in [2.05, 4.69) is 5.32 Å². The van der Waals surface area contributed by atoms with Gasteiger partial charge in [-0.1, -0.05) is 0 Å². The van der Waals surface area contributed by atoms with Gasteiger partial charge in [-0.3, -0.25) is 9.59 Å². The molecule has 0 bridgehead atoms. The number of carbonyl (C=O) groups is 2. The molecule has 2 N–H and O–H groups in total. The number of halogens is 3. The first kappa shape index (κ1) is 22.1. The minimum Gasteiger partial charge on any atom is -0.494 e. The number of anilines is 1. The van der Waals surface area contributed by atoms with E-state index in [1.54, 1.807) is 24.3 Å². The fraction of sp³-hybridized carbons (Fsp3) is 0.300. The van der Waals surface area contributed by atoms with Crippen molar-refractivity contribution < 1.29 is 37.3 Å². The molecule has 0 aliphatic heterocycles. The second-order valence-corrected chi connectivity index (χ2v) is 6.01. The number of carbonyl (C=O) groups excluding carboxylic acids is 1. The number of carboxylic acids is 1. The van der Waals surface area contributed by atoms with E-state index in [-0.39, 0.29) is 30.7 Å². The van der Waals surface area contributed by atoms with Gasteiger partial charge in [-0.2, -0.15) is 13.2 Å². The van der Waals surface area contributed by atoms with Crippen LogP contribution in [0.4, 0.5) is 18.9 Å². The van der Waals surface area contributed by atoms with Gasteiger partial charge >= 0.3 is 12.1 Å². The quantitative estimate of drug-likeness (QED) is 0.600. The number of hydrogen-bond acceptors (Lipinski definition) is 4. The van der Waals surface area contributed by atoms with Crippen molar-refractivity contribution in [2.24, 2.45) is 0 Å². The van der Waals surface area contributed by atoms with E-state index in [1.165, 1.54) is 0 Å². The molecular weight excluding hydrogens is 391 g/mol. The van der Waals surface area contributed by atoms with Crippen LogP contribution in [0.15, 0.2) is 42.5 Å². The molecule has 6 nitrogen and oxygen atoms in total. The van der Waals surface area contributed by atoms with Crippen LogP contribution in [0, 0.1) is 0 Å². The lowest BCUT2D eigenvalue weighted by Crippen LogP contribution is -2.14. The molecule has 0 spiro atoms. The Labute approximate surface area is 165 Å². The van der Waals surface area contributed by atoms with E-state index in [0.29, 0.717) is 18.1 Å². The Morgan fingerprint density at radius 2 is 1.69 bits per heavy atom. The van der Waals surface area contributed by atoms with Crippen molar-refractivity contribution in [3.8, 4) is 17.2 Å². The molecule has 0 aromatic heterocycles.